The fourth-order valence-electron chi connectivity index (χ4n) is 1.37. The first-order valence-electron chi connectivity index (χ1n) is 4.84. The van der Waals surface area contributed by atoms with Crippen molar-refractivity contribution in [3.63, 3.8) is 0 Å². The van der Waals surface area contributed by atoms with Gasteiger partial charge in [-0.3, -0.25) is 4.79 Å². The normalized spacial score (nSPS) is 28.1. The number of nitrogens with one attached hydrogen (secondary N) is 1. The highest BCUT2D eigenvalue weighted by Gasteiger charge is 2.44. The molecule has 0 radical (unpaired) electrons. The number of imide groups is 1. The van der Waals surface area contributed by atoms with E-state index in [2.05, 4.69) is 5.32 Å². The molecule has 0 aromatic rings. The Balaban J connectivity index is 1.85. The molecular formula is C9H14N2O4. The first-order chi connectivity index (χ1) is 7.00. The first kappa shape index (κ1) is 10.4. The molecule has 84 valence electrons. The molecule has 0 aromatic heterocycles. The summed E-state index contributed by atoms with van der Waals surface area (Å²) in [5.41, 5.74) is -0.823. The molecule has 2 aliphatic rings. The third-order valence-corrected chi connectivity index (χ3v) is 2.37. The molecule has 6 heteroatoms. The first-order valence-corrected chi connectivity index (χ1v) is 4.84. The molecule has 1 N–H and O–H groups in total. The minimum atomic E-state index is -0.823. The summed E-state index contributed by atoms with van der Waals surface area (Å²) in [5, 5.41) is 2.57. The Kier molecular flexibility index (Phi) is 2.40. The molecule has 0 spiro atoms. The SMILES string of the molecule is CC1(C)NC(=O)N(COCC2CO2)C1=O. The number of hydrogen-bond donors (Lipinski definition) is 1. The number of urea groups is 1. The largest absolute Gasteiger partial charge is 0.371 e. The Morgan fingerprint density at radius 1 is 1.60 bits per heavy atom. The molecular weight excluding hydrogens is 200 g/mol. The van der Waals surface area contributed by atoms with Gasteiger partial charge < -0.3 is 14.8 Å². The van der Waals surface area contributed by atoms with E-state index < -0.39 is 11.6 Å². The smallest absolute Gasteiger partial charge is 0.326 e. The van der Waals surface area contributed by atoms with Crippen LogP contribution >= 0.6 is 0 Å². The van der Waals surface area contributed by atoms with Gasteiger partial charge in [0.25, 0.3) is 5.91 Å². The Morgan fingerprint density at radius 2 is 2.27 bits per heavy atom. The Morgan fingerprint density at radius 3 is 2.73 bits per heavy atom. The van der Waals surface area contributed by atoms with Crippen LogP contribution in [-0.2, 0) is 14.3 Å². The number of nitrogens with zero attached hydrogens (tertiary/aromatic N) is 1. The fourth-order valence-corrected chi connectivity index (χ4v) is 1.37. The van der Waals surface area contributed by atoms with E-state index >= 15 is 0 Å². The monoisotopic (exact) mass is 214 g/mol. The Bertz CT molecular complexity index is 298. The molecule has 3 amide bonds. The fraction of sp³-hybridized carbons (Fsp3) is 0.778. The van der Waals surface area contributed by atoms with Gasteiger partial charge in [-0.2, -0.15) is 0 Å². The molecule has 1 unspecified atom stereocenters. The van der Waals surface area contributed by atoms with Crippen molar-refractivity contribution in [2.45, 2.75) is 25.5 Å². The van der Waals surface area contributed by atoms with E-state index in [9.17, 15) is 9.59 Å². The summed E-state index contributed by atoms with van der Waals surface area (Å²) in [6.45, 7) is 4.45. The van der Waals surface area contributed by atoms with Gasteiger partial charge in [-0.25, -0.2) is 9.69 Å². The van der Waals surface area contributed by atoms with Crippen molar-refractivity contribution in [3.8, 4) is 0 Å². The zero-order valence-corrected chi connectivity index (χ0v) is 8.78. The summed E-state index contributed by atoms with van der Waals surface area (Å²) in [7, 11) is 0. The zero-order valence-electron chi connectivity index (χ0n) is 8.78. The second-order valence-electron chi connectivity index (χ2n) is 4.24. The predicted octanol–water partition coefficient (Wildman–Crippen LogP) is -0.310. The highest BCUT2D eigenvalue weighted by Crippen LogP contribution is 2.16. The standard InChI is InChI=1S/C9H14N2O4/c1-9(2)7(12)11(8(13)10-9)5-14-3-6-4-15-6/h6H,3-5H2,1-2H3,(H,10,13). The van der Waals surface area contributed by atoms with Crippen LogP contribution in [0.2, 0.25) is 0 Å². The maximum Gasteiger partial charge on any atom is 0.326 e. The summed E-state index contributed by atoms with van der Waals surface area (Å²) < 4.78 is 10.1. The van der Waals surface area contributed by atoms with Crippen LogP contribution in [0.4, 0.5) is 4.79 Å². The van der Waals surface area contributed by atoms with E-state index in [0.29, 0.717) is 13.2 Å². The topological polar surface area (TPSA) is 71.2 Å². The lowest BCUT2D eigenvalue weighted by atomic mass is 10.1. The minimum absolute atomic E-state index is 0.00600. The molecule has 2 rings (SSSR count). The van der Waals surface area contributed by atoms with E-state index in [-0.39, 0.29) is 18.7 Å². The average Bonchev–Trinajstić information content (AvgIpc) is 2.90. The third kappa shape index (κ3) is 2.10. The van der Waals surface area contributed by atoms with Gasteiger partial charge in [0.2, 0.25) is 0 Å². The van der Waals surface area contributed by atoms with Crippen molar-refractivity contribution in [2.24, 2.45) is 0 Å². The van der Waals surface area contributed by atoms with Crippen LogP contribution in [0, 0.1) is 0 Å². The van der Waals surface area contributed by atoms with Gasteiger partial charge in [0.05, 0.1) is 13.2 Å². The maximum atomic E-state index is 11.7. The van der Waals surface area contributed by atoms with Gasteiger partial charge >= 0.3 is 6.03 Å². The lowest BCUT2D eigenvalue weighted by molar-refractivity contribution is -0.134. The van der Waals surface area contributed by atoms with Gasteiger partial charge in [0, 0.05) is 0 Å². The van der Waals surface area contributed by atoms with Crippen LogP contribution in [-0.4, -0.2) is 48.4 Å². The summed E-state index contributed by atoms with van der Waals surface area (Å²) in [6, 6.07) is -0.401. The molecule has 0 aromatic carbocycles. The molecule has 2 aliphatic heterocycles. The van der Waals surface area contributed by atoms with E-state index in [1.165, 1.54) is 0 Å². The molecule has 15 heavy (non-hydrogen) atoms. The Hall–Kier alpha value is -1.14. The van der Waals surface area contributed by atoms with Gasteiger partial charge in [-0.15, -0.1) is 0 Å². The third-order valence-electron chi connectivity index (χ3n) is 2.37. The average molecular weight is 214 g/mol. The summed E-state index contributed by atoms with van der Waals surface area (Å²) in [5.74, 6) is -0.260. The number of amides is 3. The van der Waals surface area contributed by atoms with Crippen LogP contribution in [0.5, 0.6) is 0 Å². The van der Waals surface area contributed by atoms with E-state index in [1.54, 1.807) is 13.8 Å². The van der Waals surface area contributed by atoms with Crippen LogP contribution in [0.15, 0.2) is 0 Å². The number of ether oxygens (including phenoxy) is 2. The number of rotatable bonds is 4. The van der Waals surface area contributed by atoms with Crippen molar-refractivity contribution in [2.75, 3.05) is 19.9 Å². The predicted molar refractivity (Wildman–Crippen MR) is 50.0 cm³/mol. The van der Waals surface area contributed by atoms with Crippen molar-refractivity contribution < 1.29 is 19.1 Å². The number of carbonyl (C=O) groups is 2. The van der Waals surface area contributed by atoms with E-state index in [1.807, 2.05) is 0 Å². The highest BCUT2D eigenvalue weighted by atomic mass is 16.6. The second-order valence-corrected chi connectivity index (χ2v) is 4.24. The second kappa shape index (κ2) is 3.46. The van der Waals surface area contributed by atoms with Crippen LogP contribution < -0.4 is 5.32 Å². The van der Waals surface area contributed by atoms with Gasteiger partial charge in [0.15, 0.2) is 0 Å². The number of epoxide rings is 1. The molecule has 2 saturated heterocycles. The van der Waals surface area contributed by atoms with Gasteiger partial charge in [0.1, 0.15) is 18.4 Å². The van der Waals surface area contributed by atoms with E-state index in [4.69, 9.17) is 9.47 Å². The van der Waals surface area contributed by atoms with Crippen LogP contribution in [0.3, 0.4) is 0 Å². The molecule has 0 bridgehead atoms. The quantitative estimate of drug-likeness (QED) is 0.514. The Labute approximate surface area is 87.5 Å². The zero-order chi connectivity index (χ0) is 11.1. The highest BCUT2D eigenvalue weighted by molar-refractivity contribution is 6.06. The van der Waals surface area contributed by atoms with Gasteiger partial charge in [-0.05, 0) is 13.8 Å². The summed E-state index contributed by atoms with van der Waals surface area (Å²) >= 11 is 0. The van der Waals surface area contributed by atoms with Crippen LogP contribution in [0.25, 0.3) is 0 Å². The summed E-state index contributed by atoms with van der Waals surface area (Å²) in [4.78, 5) is 24.1. The van der Waals surface area contributed by atoms with Crippen molar-refractivity contribution in [1.29, 1.82) is 0 Å². The number of hydrogen-bond acceptors (Lipinski definition) is 4. The molecule has 6 nitrogen and oxygen atoms in total. The van der Waals surface area contributed by atoms with Crippen molar-refractivity contribution in [3.05, 3.63) is 0 Å². The lowest BCUT2D eigenvalue weighted by Gasteiger charge is -2.15. The molecule has 2 heterocycles. The molecule has 1 atom stereocenters. The molecule has 0 saturated carbocycles. The van der Waals surface area contributed by atoms with E-state index in [0.717, 1.165) is 4.90 Å². The van der Waals surface area contributed by atoms with Crippen LogP contribution in [0.1, 0.15) is 13.8 Å². The van der Waals surface area contributed by atoms with Gasteiger partial charge in [-0.1, -0.05) is 0 Å². The van der Waals surface area contributed by atoms with Crippen molar-refractivity contribution >= 4 is 11.9 Å². The summed E-state index contributed by atoms with van der Waals surface area (Å²) in [6.07, 6.45) is 0.138. The number of carbonyl (C=O) groups excluding carboxylic acids is 2. The maximum absolute atomic E-state index is 11.7. The molecule has 2 fully saturated rings. The minimum Gasteiger partial charge on any atom is -0.371 e. The van der Waals surface area contributed by atoms with Crippen molar-refractivity contribution in [1.82, 2.24) is 10.2 Å². The lowest BCUT2D eigenvalue weighted by Crippen LogP contribution is -2.40. The molecule has 0 aliphatic carbocycles.